The predicted octanol–water partition coefficient (Wildman–Crippen LogP) is 2.30. The molecule has 1 amide bonds. The van der Waals surface area contributed by atoms with Gasteiger partial charge in [-0.3, -0.25) is 4.79 Å². The zero-order valence-corrected chi connectivity index (χ0v) is 16.9. The van der Waals surface area contributed by atoms with Crippen molar-refractivity contribution in [3.63, 3.8) is 0 Å². The number of fused-ring (bicyclic) bond motifs is 1. The molecule has 0 radical (unpaired) electrons. The second-order valence-corrected chi connectivity index (χ2v) is 8.92. The van der Waals surface area contributed by atoms with E-state index >= 15 is 0 Å². The number of aromatic nitrogens is 2. The molecule has 0 aliphatic carbocycles. The molecular weight excluding hydrogens is 344 g/mol. The fraction of sp³-hybridized carbons (Fsp3) is 0.400. The first-order valence-corrected chi connectivity index (χ1v) is 9.70. The van der Waals surface area contributed by atoms with Crippen LogP contribution in [0.2, 0.25) is 0 Å². The number of carbonyl (C=O) groups is 1. The number of aryl methyl sites for hydroxylation is 1. The number of benzene rings is 1. The highest BCUT2D eigenvalue weighted by Gasteiger charge is 2.24. The molecule has 0 unspecified atom stereocenters. The van der Waals surface area contributed by atoms with Crippen molar-refractivity contribution in [1.29, 1.82) is 0 Å². The zero-order chi connectivity index (χ0) is 18.9. The topological polar surface area (TPSA) is 51.4 Å². The lowest BCUT2D eigenvalue weighted by Crippen LogP contribution is -3.07. The van der Waals surface area contributed by atoms with Crippen LogP contribution < -0.4 is 10.2 Å². The number of hydrogen-bond donors (Lipinski definition) is 2. The van der Waals surface area contributed by atoms with Crippen LogP contribution in [0.4, 0.5) is 0 Å². The maximum Gasteiger partial charge on any atom is 0.261 e. The van der Waals surface area contributed by atoms with E-state index < -0.39 is 0 Å². The van der Waals surface area contributed by atoms with E-state index in [0.717, 1.165) is 33.0 Å². The van der Waals surface area contributed by atoms with Gasteiger partial charge in [-0.25, -0.2) is 4.68 Å². The molecule has 2 aromatic heterocycles. The number of hydrogen-bond acceptors (Lipinski definition) is 3. The van der Waals surface area contributed by atoms with E-state index in [1.807, 2.05) is 48.0 Å². The Bertz CT molecular complexity index is 909. The molecule has 0 atom stereocenters. The molecule has 0 spiro atoms. The molecule has 3 rings (SSSR count). The van der Waals surface area contributed by atoms with Crippen molar-refractivity contribution in [2.75, 3.05) is 27.2 Å². The van der Waals surface area contributed by atoms with E-state index in [4.69, 9.17) is 0 Å². The molecule has 138 valence electrons. The van der Waals surface area contributed by atoms with Gasteiger partial charge in [-0.05, 0) is 25.1 Å². The van der Waals surface area contributed by atoms with Crippen molar-refractivity contribution >= 4 is 27.5 Å². The molecule has 1 aromatic carbocycles. The van der Waals surface area contributed by atoms with Crippen LogP contribution in [0.1, 0.15) is 29.2 Å². The number of rotatable bonds is 6. The lowest BCUT2D eigenvalue weighted by molar-refractivity contribution is -0.865. The summed E-state index contributed by atoms with van der Waals surface area (Å²) in [4.78, 5) is 15.8. The Morgan fingerprint density at radius 1 is 1.27 bits per heavy atom. The van der Waals surface area contributed by atoms with Crippen molar-refractivity contribution in [2.45, 2.75) is 20.8 Å². The average Bonchev–Trinajstić information content (AvgIpc) is 3.13. The summed E-state index contributed by atoms with van der Waals surface area (Å²) in [6, 6.07) is 12.0. The third kappa shape index (κ3) is 3.97. The van der Waals surface area contributed by atoms with Gasteiger partial charge in [0.25, 0.3) is 5.91 Å². The Balaban J connectivity index is 1.82. The van der Waals surface area contributed by atoms with Gasteiger partial charge in [0, 0.05) is 17.3 Å². The van der Waals surface area contributed by atoms with Gasteiger partial charge in [-0.1, -0.05) is 32.0 Å². The van der Waals surface area contributed by atoms with Crippen LogP contribution in [0.5, 0.6) is 0 Å². The van der Waals surface area contributed by atoms with Gasteiger partial charge < -0.3 is 10.2 Å². The molecular formula is C20H27N4OS+. The largest absolute Gasteiger partial charge is 0.351 e. The summed E-state index contributed by atoms with van der Waals surface area (Å²) >= 11 is 1.50. The summed E-state index contributed by atoms with van der Waals surface area (Å²) in [5, 5.41) is 8.78. The van der Waals surface area contributed by atoms with Gasteiger partial charge in [-0.2, -0.15) is 5.10 Å². The second kappa shape index (κ2) is 7.21. The highest BCUT2D eigenvalue weighted by Crippen LogP contribution is 2.30. The number of thiophene rings is 1. The monoisotopic (exact) mass is 371 g/mol. The molecule has 0 aliphatic rings. The standard InChI is InChI=1S/C20H26N4OS/c1-14-16-11-17(18(25)21-12-20(2,3)13-23(4)5)26-19(16)24(22-14)15-9-7-6-8-10-15/h6-11H,12-13H2,1-5H3,(H,21,25)/p+1. The minimum Gasteiger partial charge on any atom is -0.351 e. The smallest absolute Gasteiger partial charge is 0.261 e. The number of para-hydroxylation sites is 1. The fourth-order valence-electron chi connectivity index (χ4n) is 3.33. The Morgan fingerprint density at radius 3 is 2.62 bits per heavy atom. The predicted molar refractivity (Wildman–Crippen MR) is 107 cm³/mol. The van der Waals surface area contributed by atoms with Crippen LogP contribution in [0, 0.1) is 12.3 Å². The van der Waals surface area contributed by atoms with E-state index in [1.54, 1.807) is 0 Å². The number of nitrogens with zero attached hydrogens (tertiary/aromatic N) is 2. The Labute approximate surface area is 158 Å². The minimum atomic E-state index is -0.00737. The molecule has 0 saturated carbocycles. The van der Waals surface area contributed by atoms with Crippen LogP contribution in [0.25, 0.3) is 15.9 Å². The van der Waals surface area contributed by atoms with Gasteiger partial charge >= 0.3 is 0 Å². The third-order valence-corrected chi connectivity index (χ3v) is 5.44. The fourth-order valence-corrected chi connectivity index (χ4v) is 4.43. The highest BCUT2D eigenvalue weighted by molar-refractivity contribution is 7.20. The number of quaternary nitrogens is 1. The molecule has 6 heteroatoms. The summed E-state index contributed by atoms with van der Waals surface area (Å²) in [5.74, 6) is -0.00737. The highest BCUT2D eigenvalue weighted by atomic mass is 32.1. The van der Waals surface area contributed by atoms with Crippen LogP contribution in [-0.2, 0) is 0 Å². The van der Waals surface area contributed by atoms with Crippen LogP contribution in [0.15, 0.2) is 36.4 Å². The molecule has 5 nitrogen and oxygen atoms in total. The summed E-state index contributed by atoms with van der Waals surface area (Å²) in [7, 11) is 4.27. The second-order valence-electron chi connectivity index (χ2n) is 7.89. The van der Waals surface area contributed by atoms with Crippen molar-refractivity contribution in [3.05, 3.63) is 47.0 Å². The van der Waals surface area contributed by atoms with E-state index in [0.29, 0.717) is 6.54 Å². The molecule has 0 bridgehead atoms. The number of carbonyl (C=O) groups excluding carboxylic acids is 1. The lowest BCUT2D eigenvalue weighted by Gasteiger charge is -2.25. The third-order valence-electron chi connectivity index (χ3n) is 4.33. The summed E-state index contributed by atoms with van der Waals surface area (Å²) < 4.78 is 1.92. The van der Waals surface area contributed by atoms with Crippen molar-refractivity contribution in [1.82, 2.24) is 15.1 Å². The molecule has 2 heterocycles. The van der Waals surface area contributed by atoms with Gasteiger partial charge in [-0.15, -0.1) is 11.3 Å². The normalized spacial score (nSPS) is 12.1. The maximum absolute atomic E-state index is 12.7. The Morgan fingerprint density at radius 2 is 1.96 bits per heavy atom. The van der Waals surface area contributed by atoms with Gasteiger partial charge in [0.1, 0.15) is 4.83 Å². The molecule has 2 N–H and O–H groups in total. The van der Waals surface area contributed by atoms with E-state index in [2.05, 4.69) is 38.4 Å². The molecule has 0 fully saturated rings. The first-order valence-electron chi connectivity index (χ1n) is 8.89. The van der Waals surface area contributed by atoms with Gasteiger partial charge in [0.05, 0.1) is 36.9 Å². The average molecular weight is 372 g/mol. The minimum absolute atomic E-state index is 0.00737. The Kier molecular flexibility index (Phi) is 5.16. The summed E-state index contributed by atoms with van der Waals surface area (Å²) in [5.41, 5.74) is 2.01. The van der Waals surface area contributed by atoms with Crippen molar-refractivity contribution < 1.29 is 9.69 Å². The molecule has 3 aromatic rings. The molecule has 0 aliphatic heterocycles. The number of amides is 1. The van der Waals surface area contributed by atoms with Crippen LogP contribution >= 0.6 is 11.3 Å². The lowest BCUT2D eigenvalue weighted by atomic mass is 9.93. The summed E-state index contributed by atoms with van der Waals surface area (Å²) in [6.45, 7) is 8.02. The van der Waals surface area contributed by atoms with E-state index in [9.17, 15) is 4.79 Å². The van der Waals surface area contributed by atoms with Gasteiger partial charge in [0.2, 0.25) is 0 Å². The number of nitrogens with one attached hydrogen (secondary N) is 2. The van der Waals surface area contributed by atoms with Crippen LogP contribution in [-0.4, -0.2) is 42.9 Å². The molecule has 0 saturated heterocycles. The summed E-state index contributed by atoms with van der Waals surface area (Å²) in [6.07, 6.45) is 0. The maximum atomic E-state index is 12.7. The van der Waals surface area contributed by atoms with Crippen LogP contribution in [0.3, 0.4) is 0 Å². The first kappa shape index (κ1) is 18.6. The SMILES string of the molecule is Cc1nn(-c2ccccc2)c2sc(C(=O)NCC(C)(C)C[NH+](C)C)cc12. The Hall–Kier alpha value is -2.18. The van der Waals surface area contributed by atoms with Crippen molar-refractivity contribution in [2.24, 2.45) is 5.41 Å². The molecule has 26 heavy (non-hydrogen) atoms. The quantitative estimate of drug-likeness (QED) is 0.699. The first-order chi connectivity index (χ1) is 12.3. The van der Waals surface area contributed by atoms with Gasteiger partial charge in [0.15, 0.2) is 0 Å². The van der Waals surface area contributed by atoms with E-state index in [-0.39, 0.29) is 11.3 Å². The van der Waals surface area contributed by atoms with E-state index in [1.165, 1.54) is 16.2 Å². The van der Waals surface area contributed by atoms with Crippen molar-refractivity contribution in [3.8, 4) is 5.69 Å². The zero-order valence-electron chi connectivity index (χ0n) is 16.1.